The number of Topliss-reactive ketones (excluding diaryl/α,β-unsaturated/α-hetero) is 1. The molecular formula is C13H12F2O. The molecule has 16 heavy (non-hydrogen) atoms. The van der Waals surface area contributed by atoms with Crippen molar-refractivity contribution in [3.8, 4) is 0 Å². The molecular weight excluding hydrogens is 210 g/mol. The lowest BCUT2D eigenvalue weighted by molar-refractivity contribution is -0.118. The number of allylic oxidation sites excluding steroid dienone is 2. The summed E-state index contributed by atoms with van der Waals surface area (Å²) in [6, 6.07) is 2.69. The Morgan fingerprint density at radius 2 is 1.94 bits per heavy atom. The van der Waals surface area contributed by atoms with Crippen molar-refractivity contribution in [1.82, 2.24) is 0 Å². The highest BCUT2D eigenvalue weighted by Gasteiger charge is 2.19. The zero-order valence-electron chi connectivity index (χ0n) is 9.02. The van der Waals surface area contributed by atoms with Crippen molar-refractivity contribution in [2.45, 2.75) is 26.2 Å². The van der Waals surface area contributed by atoms with Gasteiger partial charge >= 0.3 is 0 Å². The third-order valence-electron chi connectivity index (χ3n) is 2.85. The Kier molecular flexibility index (Phi) is 2.86. The Morgan fingerprint density at radius 3 is 2.56 bits per heavy atom. The second kappa shape index (κ2) is 4.16. The average Bonchev–Trinajstić information content (AvgIpc) is 2.27. The Hall–Kier alpha value is -1.51. The van der Waals surface area contributed by atoms with E-state index in [0.29, 0.717) is 24.0 Å². The number of aryl methyl sites for hydroxylation is 1. The van der Waals surface area contributed by atoms with Crippen LogP contribution in [-0.2, 0) is 4.79 Å². The summed E-state index contributed by atoms with van der Waals surface area (Å²) in [5, 5.41) is 0. The van der Waals surface area contributed by atoms with Gasteiger partial charge in [0.25, 0.3) is 0 Å². The summed E-state index contributed by atoms with van der Waals surface area (Å²) in [6.07, 6.45) is 2.71. The maximum Gasteiger partial charge on any atom is 0.137 e. The number of carbonyl (C=O) groups excluding carboxylic acids is 1. The predicted octanol–water partition coefficient (Wildman–Crippen LogP) is 3.41. The monoisotopic (exact) mass is 222 g/mol. The first kappa shape index (κ1) is 11.0. The van der Waals surface area contributed by atoms with E-state index in [1.54, 1.807) is 13.0 Å². The van der Waals surface area contributed by atoms with Gasteiger partial charge in [0.1, 0.15) is 17.4 Å². The Bertz CT molecular complexity index is 475. The summed E-state index contributed by atoms with van der Waals surface area (Å²) >= 11 is 0. The van der Waals surface area contributed by atoms with E-state index in [4.69, 9.17) is 0 Å². The maximum atomic E-state index is 13.8. The maximum absolute atomic E-state index is 13.8. The number of benzene rings is 1. The van der Waals surface area contributed by atoms with Gasteiger partial charge in [-0.25, -0.2) is 8.78 Å². The van der Waals surface area contributed by atoms with Crippen molar-refractivity contribution in [2.24, 2.45) is 0 Å². The van der Waals surface area contributed by atoms with Crippen LogP contribution in [-0.4, -0.2) is 5.78 Å². The average molecular weight is 222 g/mol. The molecule has 2 rings (SSSR count). The van der Waals surface area contributed by atoms with E-state index in [1.807, 2.05) is 0 Å². The summed E-state index contributed by atoms with van der Waals surface area (Å²) in [5.74, 6) is -0.943. The molecule has 1 aromatic rings. The number of hydrogen-bond donors (Lipinski definition) is 0. The molecule has 0 amide bonds. The van der Waals surface area contributed by atoms with Gasteiger partial charge in [-0.1, -0.05) is 12.1 Å². The first-order valence-corrected chi connectivity index (χ1v) is 5.25. The lowest BCUT2D eigenvalue weighted by Gasteiger charge is -2.14. The van der Waals surface area contributed by atoms with Crippen molar-refractivity contribution in [2.75, 3.05) is 0 Å². The fourth-order valence-electron chi connectivity index (χ4n) is 1.89. The lowest BCUT2D eigenvalue weighted by atomic mass is 9.91. The lowest BCUT2D eigenvalue weighted by Crippen LogP contribution is -2.06. The van der Waals surface area contributed by atoms with E-state index in [-0.39, 0.29) is 17.8 Å². The SMILES string of the molecule is Cc1ccc(F)c(C2=CCC(=O)CC2)c1F. The van der Waals surface area contributed by atoms with Crippen LogP contribution < -0.4 is 0 Å². The molecule has 0 heterocycles. The number of carbonyl (C=O) groups is 1. The van der Waals surface area contributed by atoms with Gasteiger partial charge in [0.2, 0.25) is 0 Å². The van der Waals surface area contributed by atoms with E-state index in [9.17, 15) is 13.6 Å². The summed E-state index contributed by atoms with van der Waals surface area (Å²) in [7, 11) is 0. The van der Waals surface area contributed by atoms with Gasteiger partial charge in [-0.3, -0.25) is 4.79 Å². The van der Waals surface area contributed by atoms with Crippen LogP contribution >= 0.6 is 0 Å². The Morgan fingerprint density at radius 1 is 1.19 bits per heavy atom. The van der Waals surface area contributed by atoms with Crippen LogP contribution in [0.5, 0.6) is 0 Å². The Balaban J connectivity index is 2.48. The zero-order valence-corrected chi connectivity index (χ0v) is 9.02. The highest BCUT2D eigenvalue weighted by molar-refractivity contribution is 5.87. The topological polar surface area (TPSA) is 17.1 Å². The summed E-state index contributed by atoms with van der Waals surface area (Å²) < 4.78 is 27.3. The zero-order chi connectivity index (χ0) is 11.7. The van der Waals surface area contributed by atoms with Gasteiger partial charge in [0.15, 0.2) is 0 Å². The van der Waals surface area contributed by atoms with Crippen LogP contribution in [0.25, 0.3) is 5.57 Å². The summed E-state index contributed by atoms with van der Waals surface area (Å²) in [6.45, 7) is 1.60. The van der Waals surface area contributed by atoms with Crippen molar-refractivity contribution in [3.05, 3.63) is 41.0 Å². The van der Waals surface area contributed by atoms with Crippen LogP contribution in [0.2, 0.25) is 0 Å². The molecule has 1 nitrogen and oxygen atoms in total. The minimum absolute atomic E-state index is 0.0347. The number of rotatable bonds is 1. The van der Waals surface area contributed by atoms with Crippen molar-refractivity contribution in [3.63, 3.8) is 0 Å². The summed E-state index contributed by atoms with van der Waals surface area (Å²) in [5.41, 5.74) is 1.07. The van der Waals surface area contributed by atoms with E-state index in [1.165, 1.54) is 12.1 Å². The standard InChI is InChI=1S/C13H12F2O/c1-8-2-7-11(14)12(13(8)15)9-3-5-10(16)6-4-9/h2-3,7H,4-6H2,1H3. The molecule has 0 atom stereocenters. The molecule has 0 aliphatic heterocycles. The molecule has 0 fully saturated rings. The largest absolute Gasteiger partial charge is 0.299 e. The third-order valence-corrected chi connectivity index (χ3v) is 2.85. The van der Waals surface area contributed by atoms with Crippen LogP contribution in [0.15, 0.2) is 18.2 Å². The molecule has 84 valence electrons. The quantitative estimate of drug-likeness (QED) is 0.711. The summed E-state index contributed by atoms with van der Waals surface area (Å²) in [4.78, 5) is 11.0. The molecule has 0 radical (unpaired) electrons. The molecule has 0 saturated carbocycles. The fraction of sp³-hybridized carbons (Fsp3) is 0.308. The van der Waals surface area contributed by atoms with Gasteiger partial charge in [0, 0.05) is 18.4 Å². The van der Waals surface area contributed by atoms with Gasteiger partial charge in [-0.2, -0.15) is 0 Å². The minimum Gasteiger partial charge on any atom is -0.299 e. The number of hydrogen-bond acceptors (Lipinski definition) is 1. The van der Waals surface area contributed by atoms with Gasteiger partial charge < -0.3 is 0 Å². The molecule has 1 aliphatic carbocycles. The van der Waals surface area contributed by atoms with Crippen LogP contribution in [0.3, 0.4) is 0 Å². The molecule has 0 unspecified atom stereocenters. The van der Waals surface area contributed by atoms with E-state index in [2.05, 4.69) is 0 Å². The molecule has 0 aromatic heterocycles. The van der Waals surface area contributed by atoms with Gasteiger partial charge in [0.05, 0.1) is 0 Å². The molecule has 0 bridgehead atoms. The van der Waals surface area contributed by atoms with E-state index in [0.717, 1.165) is 0 Å². The molecule has 0 N–H and O–H groups in total. The first-order valence-electron chi connectivity index (χ1n) is 5.25. The van der Waals surface area contributed by atoms with Crippen molar-refractivity contribution in [1.29, 1.82) is 0 Å². The van der Waals surface area contributed by atoms with E-state index < -0.39 is 11.6 Å². The highest BCUT2D eigenvalue weighted by Crippen LogP contribution is 2.30. The van der Waals surface area contributed by atoms with Crippen molar-refractivity contribution >= 4 is 11.4 Å². The van der Waals surface area contributed by atoms with Crippen LogP contribution in [0.1, 0.15) is 30.4 Å². The molecule has 0 saturated heterocycles. The smallest absolute Gasteiger partial charge is 0.137 e. The first-order chi connectivity index (χ1) is 7.59. The third kappa shape index (κ3) is 1.90. The van der Waals surface area contributed by atoms with Crippen LogP contribution in [0, 0.1) is 18.6 Å². The second-order valence-corrected chi connectivity index (χ2v) is 4.03. The normalized spacial score (nSPS) is 16.2. The fourth-order valence-corrected chi connectivity index (χ4v) is 1.89. The molecule has 1 aliphatic rings. The molecule has 1 aromatic carbocycles. The minimum atomic E-state index is -0.552. The molecule has 0 spiro atoms. The van der Waals surface area contributed by atoms with E-state index >= 15 is 0 Å². The van der Waals surface area contributed by atoms with Gasteiger partial charge in [-0.05, 0) is 30.5 Å². The Labute approximate surface area is 92.8 Å². The van der Waals surface area contributed by atoms with Crippen molar-refractivity contribution < 1.29 is 13.6 Å². The second-order valence-electron chi connectivity index (χ2n) is 4.03. The predicted molar refractivity (Wildman–Crippen MR) is 57.9 cm³/mol. The highest BCUT2D eigenvalue weighted by atomic mass is 19.1. The van der Waals surface area contributed by atoms with Crippen LogP contribution in [0.4, 0.5) is 8.78 Å². The number of ketones is 1. The van der Waals surface area contributed by atoms with Gasteiger partial charge in [-0.15, -0.1) is 0 Å². The molecule has 3 heteroatoms. The number of halogens is 2.